The first-order chi connectivity index (χ1) is 9.66. The van der Waals surface area contributed by atoms with Crippen molar-refractivity contribution in [1.82, 2.24) is 5.32 Å². The number of rotatable bonds is 5. The number of carbonyl (C=O) groups is 1. The molecule has 0 saturated carbocycles. The van der Waals surface area contributed by atoms with E-state index in [1.165, 1.54) is 12.1 Å². The van der Waals surface area contributed by atoms with Crippen molar-refractivity contribution in [3.8, 4) is 0 Å². The van der Waals surface area contributed by atoms with Crippen molar-refractivity contribution < 1.29 is 13.9 Å². The van der Waals surface area contributed by atoms with Crippen LogP contribution in [0.2, 0.25) is 5.02 Å². The Labute approximate surface area is 122 Å². The van der Waals surface area contributed by atoms with E-state index < -0.39 is 11.8 Å². The maximum Gasteiger partial charge on any atom is 0.319 e. The summed E-state index contributed by atoms with van der Waals surface area (Å²) in [7, 11) is 0. The van der Waals surface area contributed by atoms with Crippen LogP contribution in [0.25, 0.3) is 0 Å². The van der Waals surface area contributed by atoms with Gasteiger partial charge < -0.3 is 15.4 Å². The van der Waals surface area contributed by atoms with Crippen LogP contribution in [-0.2, 0) is 4.74 Å². The molecular weight excluding hydrogens is 283 g/mol. The fourth-order valence-electron chi connectivity index (χ4n) is 2.17. The van der Waals surface area contributed by atoms with Crippen LogP contribution in [0.3, 0.4) is 0 Å². The Morgan fingerprint density at radius 2 is 2.35 bits per heavy atom. The number of anilines is 1. The number of hydrogen-bond acceptors (Lipinski definition) is 2. The predicted octanol–water partition coefficient (Wildman–Crippen LogP) is 3.42. The van der Waals surface area contributed by atoms with E-state index in [1.54, 1.807) is 6.07 Å². The molecule has 0 aromatic heterocycles. The lowest BCUT2D eigenvalue weighted by Gasteiger charge is -2.10. The summed E-state index contributed by atoms with van der Waals surface area (Å²) in [5, 5.41) is 5.14. The van der Waals surface area contributed by atoms with Gasteiger partial charge in [-0.05, 0) is 37.3 Å². The topological polar surface area (TPSA) is 50.4 Å². The van der Waals surface area contributed by atoms with Gasteiger partial charge in [-0.15, -0.1) is 0 Å². The van der Waals surface area contributed by atoms with Gasteiger partial charge >= 0.3 is 6.03 Å². The van der Waals surface area contributed by atoms with E-state index in [2.05, 4.69) is 10.6 Å². The summed E-state index contributed by atoms with van der Waals surface area (Å²) in [4.78, 5) is 11.6. The zero-order valence-electron chi connectivity index (χ0n) is 11.1. The molecule has 110 valence electrons. The van der Waals surface area contributed by atoms with Gasteiger partial charge in [-0.2, -0.15) is 0 Å². The molecule has 2 N–H and O–H groups in total. The average molecular weight is 301 g/mol. The molecule has 1 aliphatic heterocycles. The molecule has 4 nitrogen and oxygen atoms in total. The maximum absolute atomic E-state index is 13.6. The second-order valence-corrected chi connectivity index (χ2v) is 5.26. The van der Waals surface area contributed by atoms with Gasteiger partial charge in [-0.25, -0.2) is 9.18 Å². The molecule has 2 rings (SSSR count). The molecule has 1 saturated heterocycles. The molecule has 0 spiro atoms. The summed E-state index contributed by atoms with van der Waals surface area (Å²) in [5.74, 6) is -0.0161. The van der Waals surface area contributed by atoms with E-state index in [9.17, 15) is 9.18 Å². The number of nitrogens with one attached hydrogen (secondary N) is 2. The van der Waals surface area contributed by atoms with Gasteiger partial charge in [0, 0.05) is 19.8 Å². The summed E-state index contributed by atoms with van der Waals surface area (Å²) in [6.45, 7) is 2.22. The standard InChI is InChI=1S/C14H18ClFN2O2/c15-11-4-1-5-12(13(11)16)18-14(19)17-7-2-3-10-6-8-20-9-10/h1,4-5,10H,2-3,6-9H2,(H2,17,18,19)/t10-/m0/s1. The lowest BCUT2D eigenvalue weighted by atomic mass is 10.0. The molecule has 0 radical (unpaired) electrons. The summed E-state index contributed by atoms with van der Waals surface area (Å²) < 4.78 is 18.9. The fourth-order valence-corrected chi connectivity index (χ4v) is 2.35. The minimum absolute atomic E-state index is 0.0102. The first-order valence-electron chi connectivity index (χ1n) is 6.73. The Morgan fingerprint density at radius 1 is 1.50 bits per heavy atom. The van der Waals surface area contributed by atoms with E-state index in [4.69, 9.17) is 16.3 Å². The first-order valence-corrected chi connectivity index (χ1v) is 7.11. The Balaban J connectivity index is 1.68. The number of amides is 2. The van der Waals surface area contributed by atoms with Gasteiger partial charge in [0.2, 0.25) is 0 Å². The highest BCUT2D eigenvalue weighted by molar-refractivity contribution is 6.31. The molecule has 1 atom stereocenters. The third kappa shape index (κ3) is 4.35. The van der Waals surface area contributed by atoms with Crippen LogP contribution in [0.4, 0.5) is 14.9 Å². The van der Waals surface area contributed by atoms with E-state index in [0.717, 1.165) is 32.5 Å². The maximum atomic E-state index is 13.6. The van der Waals surface area contributed by atoms with Crippen LogP contribution in [-0.4, -0.2) is 25.8 Å². The molecule has 1 aromatic rings. The molecule has 2 amide bonds. The largest absolute Gasteiger partial charge is 0.381 e. The molecular formula is C14H18ClFN2O2. The van der Waals surface area contributed by atoms with Crippen LogP contribution < -0.4 is 10.6 Å². The number of benzene rings is 1. The SMILES string of the molecule is O=C(NCCC[C@H]1CCOC1)Nc1cccc(Cl)c1F. The van der Waals surface area contributed by atoms with Gasteiger partial charge in [0.15, 0.2) is 5.82 Å². The van der Waals surface area contributed by atoms with Crippen molar-refractivity contribution in [2.45, 2.75) is 19.3 Å². The highest BCUT2D eigenvalue weighted by Gasteiger charge is 2.15. The molecule has 20 heavy (non-hydrogen) atoms. The van der Waals surface area contributed by atoms with Gasteiger partial charge in [0.1, 0.15) is 0 Å². The van der Waals surface area contributed by atoms with Crippen LogP contribution in [0.5, 0.6) is 0 Å². The lowest BCUT2D eigenvalue weighted by Crippen LogP contribution is -2.30. The Hall–Kier alpha value is -1.33. The zero-order chi connectivity index (χ0) is 14.4. The quantitative estimate of drug-likeness (QED) is 0.819. The van der Waals surface area contributed by atoms with Gasteiger partial charge in [-0.3, -0.25) is 0 Å². The van der Waals surface area contributed by atoms with Crippen molar-refractivity contribution >= 4 is 23.3 Å². The van der Waals surface area contributed by atoms with Gasteiger partial charge in [-0.1, -0.05) is 17.7 Å². The van der Waals surface area contributed by atoms with Crippen LogP contribution >= 0.6 is 11.6 Å². The number of carbonyl (C=O) groups excluding carboxylic acids is 1. The average Bonchev–Trinajstić information content (AvgIpc) is 2.93. The van der Waals surface area contributed by atoms with Crippen LogP contribution in [0.1, 0.15) is 19.3 Å². The minimum atomic E-state index is -0.618. The Kier molecular flexibility index (Phi) is 5.61. The monoisotopic (exact) mass is 300 g/mol. The van der Waals surface area contributed by atoms with E-state index in [1.807, 2.05) is 0 Å². The minimum Gasteiger partial charge on any atom is -0.381 e. The van der Waals surface area contributed by atoms with Crippen molar-refractivity contribution in [2.75, 3.05) is 25.1 Å². The Bertz CT molecular complexity index is 464. The molecule has 0 aliphatic carbocycles. The smallest absolute Gasteiger partial charge is 0.319 e. The van der Waals surface area contributed by atoms with E-state index in [-0.39, 0.29) is 10.7 Å². The third-order valence-corrected chi connectivity index (χ3v) is 3.59. The first kappa shape index (κ1) is 15.1. The molecule has 1 aliphatic rings. The zero-order valence-corrected chi connectivity index (χ0v) is 11.9. The van der Waals surface area contributed by atoms with Crippen LogP contribution in [0, 0.1) is 11.7 Å². The highest BCUT2D eigenvalue weighted by Crippen LogP contribution is 2.21. The van der Waals surface area contributed by atoms with Crippen molar-refractivity contribution in [3.05, 3.63) is 29.0 Å². The number of hydrogen-bond donors (Lipinski definition) is 2. The summed E-state index contributed by atoms with van der Waals surface area (Å²) in [6.07, 6.45) is 3.02. The van der Waals surface area contributed by atoms with E-state index in [0.29, 0.717) is 12.5 Å². The van der Waals surface area contributed by atoms with Crippen molar-refractivity contribution in [3.63, 3.8) is 0 Å². The lowest BCUT2D eigenvalue weighted by molar-refractivity contribution is 0.184. The third-order valence-electron chi connectivity index (χ3n) is 3.30. The molecule has 1 aromatic carbocycles. The van der Waals surface area contributed by atoms with Crippen molar-refractivity contribution in [2.24, 2.45) is 5.92 Å². The molecule has 6 heteroatoms. The second kappa shape index (κ2) is 7.45. The van der Waals surface area contributed by atoms with E-state index >= 15 is 0 Å². The molecule has 0 bridgehead atoms. The number of urea groups is 1. The second-order valence-electron chi connectivity index (χ2n) is 4.85. The highest BCUT2D eigenvalue weighted by atomic mass is 35.5. The summed E-state index contributed by atoms with van der Waals surface area (Å²) >= 11 is 5.64. The molecule has 1 fully saturated rings. The fraction of sp³-hybridized carbons (Fsp3) is 0.500. The van der Waals surface area contributed by atoms with Crippen molar-refractivity contribution in [1.29, 1.82) is 0 Å². The van der Waals surface area contributed by atoms with Crippen LogP contribution in [0.15, 0.2) is 18.2 Å². The summed E-state index contributed by atoms with van der Waals surface area (Å²) in [5.41, 5.74) is 0.0826. The number of halogens is 2. The Morgan fingerprint density at radius 3 is 3.10 bits per heavy atom. The summed E-state index contributed by atoms with van der Waals surface area (Å²) in [6, 6.07) is 4.07. The predicted molar refractivity (Wildman–Crippen MR) is 76.6 cm³/mol. The van der Waals surface area contributed by atoms with Gasteiger partial charge in [0.25, 0.3) is 0 Å². The van der Waals surface area contributed by atoms with Gasteiger partial charge in [0.05, 0.1) is 10.7 Å². The molecule has 0 unspecified atom stereocenters. The normalized spacial score (nSPS) is 18.0. The number of ether oxygens (including phenoxy) is 1. The molecule has 1 heterocycles.